The lowest BCUT2D eigenvalue weighted by Crippen LogP contribution is -2.43. The molecule has 2 rings (SSSR count). The van der Waals surface area contributed by atoms with Crippen molar-refractivity contribution in [2.75, 3.05) is 37.8 Å². The standard InChI is InChI=1S/C14H19Cl2N3O3S/c1-18(23(2,21)22)9-14(20)17-11-5-6-19(8-11)13-4-3-10(15)7-12(13)16/h3-4,7,11H,5-6,8-9H2,1-2H3,(H,17,20)/t11-/m1/s1. The Bertz CT molecular complexity index is 697. The Morgan fingerprint density at radius 1 is 1.43 bits per heavy atom. The van der Waals surface area contributed by atoms with Gasteiger partial charge in [-0.1, -0.05) is 23.2 Å². The first-order valence-corrected chi connectivity index (χ1v) is 9.68. The number of carbonyl (C=O) groups excluding carboxylic acids is 1. The zero-order valence-corrected chi connectivity index (χ0v) is 15.2. The van der Waals surface area contributed by atoms with Gasteiger partial charge in [0.1, 0.15) is 0 Å². The Kier molecular flexibility index (Phi) is 5.78. The average Bonchev–Trinajstić information content (AvgIpc) is 2.85. The van der Waals surface area contributed by atoms with Gasteiger partial charge in [-0.15, -0.1) is 0 Å². The summed E-state index contributed by atoms with van der Waals surface area (Å²) in [7, 11) is -1.98. The Morgan fingerprint density at radius 3 is 2.74 bits per heavy atom. The number of carbonyl (C=O) groups is 1. The zero-order chi connectivity index (χ0) is 17.2. The van der Waals surface area contributed by atoms with Gasteiger partial charge in [-0.3, -0.25) is 4.79 Å². The number of likely N-dealkylation sites (N-methyl/N-ethyl adjacent to an activating group) is 1. The fourth-order valence-electron chi connectivity index (χ4n) is 2.43. The zero-order valence-electron chi connectivity index (χ0n) is 12.9. The molecule has 23 heavy (non-hydrogen) atoms. The summed E-state index contributed by atoms with van der Waals surface area (Å²) in [6.45, 7) is 1.20. The van der Waals surface area contributed by atoms with Crippen LogP contribution in [0, 0.1) is 0 Å². The Hall–Kier alpha value is -1.02. The first-order valence-electron chi connectivity index (χ1n) is 7.07. The molecule has 1 aliphatic rings. The maximum Gasteiger partial charge on any atom is 0.235 e. The van der Waals surface area contributed by atoms with Gasteiger partial charge in [-0.2, -0.15) is 4.31 Å². The van der Waals surface area contributed by atoms with Crippen molar-refractivity contribution in [1.82, 2.24) is 9.62 Å². The van der Waals surface area contributed by atoms with Crippen LogP contribution >= 0.6 is 23.2 Å². The number of nitrogens with one attached hydrogen (secondary N) is 1. The summed E-state index contributed by atoms with van der Waals surface area (Å²) in [5, 5.41) is 4.00. The molecule has 0 radical (unpaired) electrons. The number of nitrogens with zero attached hydrogens (tertiary/aromatic N) is 2. The van der Waals surface area contributed by atoms with Crippen LogP contribution in [-0.2, 0) is 14.8 Å². The van der Waals surface area contributed by atoms with Crippen LogP contribution in [0.25, 0.3) is 0 Å². The van der Waals surface area contributed by atoms with Gasteiger partial charge in [0.2, 0.25) is 15.9 Å². The lowest BCUT2D eigenvalue weighted by atomic mass is 10.2. The van der Waals surface area contributed by atoms with Gasteiger partial charge in [0.25, 0.3) is 0 Å². The third kappa shape index (κ3) is 4.97. The molecule has 1 aromatic carbocycles. The molecule has 1 fully saturated rings. The van der Waals surface area contributed by atoms with Crippen molar-refractivity contribution in [2.24, 2.45) is 0 Å². The maximum absolute atomic E-state index is 11.9. The van der Waals surface area contributed by atoms with E-state index in [1.54, 1.807) is 12.1 Å². The number of amides is 1. The van der Waals surface area contributed by atoms with E-state index in [1.807, 2.05) is 6.07 Å². The first-order chi connectivity index (χ1) is 10.7. The Balaban J connectivity index is 1.91. The summed E-state index contributed by atoms with van der Waals surface area (Å²) in [4.78, 5) is 14.0. The van der Waals surface area contributed by atoms with Crippen LogP contribution in [0.4, 0.5) is 5.69 Å². The fraction of sp³-hybridized carbons (Fsp3) is 0.500. The predicted octanol–water partition coefficient (Wildman–Crippen LogP) is 1.58. The molecular weight excluding hydrogens is 361 g/mol. The molecule has 9 heteroatoms. The number of hydrogen-bond donors (Lipinski definition) is 1. The maximum atomic E-state index is 11.9. The van der Waals surface area contributed by atoms with E-state index in [-0.39, 0.29) is 18.5 Å². The molecule has 1 atom stereocenters. The summed E-state index contributed by atoms with van der Waals surface area (Å²) in [6, 6.07) is 5.27. The van der Waals surface area contributed by atoms with E-state index in [4.69, 9.17) is 23.2 Å². The number of hydrogen-bond acceptors (Lipinski definition) is 4. The summed E-state index contributed by atoms with van der Waals surface area (Å²) >= 11 is 12.1. The molecule has 6 nitrogen and oxygen atoms in total. The monoisotopic (exact) mass is 379 g/mol. The predicted molar refractivity (Wildman–Crippen MR) is 92.7 cm³/mol. The van der Waals surface area contributed by atoms with Crippen molar-refractivity contribution in [1.29, 1.82) is 0 Å². The highest BCUT2D eigenvalue weighted by Crippen LogP contribution is 2.31. The highest BCUT2D eigenvalue weighted by atomic mass is 35.5. The highest BCUT2D eigenvalue weighted by Gasteiger charge is 2.26. The number of benzene rings is 1. The number of rotatable bonds is 5. The first kappa shape index (κ1) is 18.3. The molecule has 0 aliphatic carbocycles. The van der Waals surface area contributed by atoms with E-state index in [1.165, 1.54) is 7.05 Å². The molecule has 1 saturated heterocycles. The van der Waals surface area contributed by atoms with E-state index in [9.17, 15) is 13.2 Å². The molecular formula is C14H19Cl2N3O3S. The van der Waals surface area contributed by atoms with Crippen molar-refractivity contribution in [3.8, 4) is 0 Å². The molecule has 1 aliphatic heterocycles. The molecule has 1 N–H and O–H groups in total. The fourth-order valence-corrected chi connectivity index (χ4v) is 3.31. The molecule has 128 valence electrons. The van der Waals surface area contributed by atoms with Crippen molar-refractivity contribution in [3.63, 3.8) is 0 Å². The van der Waals surface area contributed by atoms with Crippen LogP contribution < -0.4 is 10.2 Å². The smallest absolute Gasteiger partial charge is 0.235 e. The van der Waals surface area contributed by atoms with Gasteiger partial charge < -0.3 is 10.2 Å². The molecule has 0 saturated carbocycles. The number of sulfonamides is 1. The van der Waals surface area contributed by atoms with Crippen LogP contribution in [-0.4, -0.2) is 57.6 Å². The minimum atomic E-state index is -3.36. The van der Waals surface area contributed by atoms with Crippen molar-refractivity contribution in [2.45, 2.75) is 12.5 Å². The molecule has 0 bridgehead atoms. The van der Waals surface area contributed by atoms with E-state index < -0.39 is 10.0 Å². The van der Waals surface area contributed by atoms with Gasteiger partial charge >= 0.3 is 0 Å². The van der Waals surface area contributed by atoms with Gasteiger partial charge in [-0.25, -0.2) is 8.42 Å². The molecule has 1 heterocycles. The Labute approximate surface area is 146 Å². The lowest BCUT2D eigenvalue weighted by molar-refractivity contribution is -0.121. The van der Waals surface area contributed by atoms with Crippen LogP contribution in [0.5, 0.6) is 0 Å². The molecule has 0 spiro atoms. The third-order valence-corrected chi connectivity index (χ3v) is 5.54. The summed E-state index contributed by atoms with van der Waals surface area (Å²) in [6.07, 6.45) is 1.84. The summed E-state index contributed by atoms with van der Waals surface area (Å²) in [5.41, 5.74) is 0.876. The summed E-state index contributed by atoms with van der Waals surface area (Å²) in [5.74, 6) is -0.313. The van der Waals surface area contributed by atoms with E-state index in [0.29, 0.717) is 16.6 Å². The van der Waals surface area contributed by atoms with E-state index in [2.05, 4.69) is 10.2 Å². The topological polar surface area (TPSA) is 69.7 Å². The van der Waals surface area contributed by atoms with E-state index >= 15 is 0 Å². The van der Waals surface area contributed by atoms with Crippen LogP contribution in [0.2, 0.25) is 10.0 Å². The van der Waals surface area contributed by atoms with Crippen LogP contribution in [0.3, 0.4) is 0 Å². The number of halogens is 2. The molecule has 1 amide bonds. The average molecular weight is 380 g/mol. The quantitative estimate of drug-likeness (QED) is 0.842. The van der Waals surface area contributed by atoms with Gasteiger partial charge in [0, 0.05) is 31.2 Å². The lowest BCUT2D eigenvalue weighted by Gasteiger charge is -2.21. The number of anilines is 1. The van der Waals surface area contributed by atoms with Crippen molar-refractivity contribution >= 4 is 44.8 Å². The van der Waals surface area contributed by atoms with Crippen molar-refractivity contribution in [3.05, 3.63) is 28.2 Å². The molecule has 0 aromatic heterocycles. The largest absolute Gasteiger partial charge is 0.368 e. The van der Waals surface area contributed by atoms with E-state index in [0.717, 1.165) is 29.2 Å². The Morgan fingerprint density at radius 2 is 2.13 bits per heavy atom. The third-order valence-electron chi connectivity index (χ3n) is 3.74. The van der Waals surface area contributed by atoms with Gasteiger partial charge in [0.05, 0.1) is 23.5 Å². The normalized spacial score (nSPS) is 18.5. The molecule has 1 aromatic rings. The highest BCUT2D eigenvalue weighted by molar-refractivity contribution is 7.88. The second-order valence-electron chi connectivity index (χ2n) is 5.61. The molecule has 0 unspecified atom stereocenters. The van der Waals surface area contributed by atoms with Crippen molar-refractivity contribution < 1.29 is 13.2 Å². The summed E-state index contributed by atoms with van der Waals surface area (Å²) < 4.78 is 23.7. The second-order valence-corrected chi connectivity index (χ2v) is 8.55. The minimum absolute atomic E-state index is 0.0396. The van der Waals surface area contributed by atoms with Gasteiger partial charge in [0.15, 0.2) is 0 Å². The van der Waals surface area contributed by atoms with Gasteiger partial charge in [-0.05, 0) is 24.6 Å². The van der Waals surface area contributed by atoms with Crippen LogP contribution in [0.15, 0.2) is 18.2 Å². The SMILES string of the molecule is CN(CC(=O)N[C@@H]1CCN(c2ccc(Cl)cc2Cl)C1)S(C)(=O)=O. The second kappa shape index (κ2) is 7.25. The minimum Gasteiger partial charge on any atom is -0.368 e. The van der Waals surface area contributed by atoms with Crippen LogP contribution in [0.1, 0.15) is 6.42 Å².